The van der Waals surface area contributed by atoms with Gasteiger partial charge in [0.05, 0.1) is 6.61 Å². The molecule has 1 aromatic rings. The van der Waals surface area contributed by atoms with Gasteiger partial charge in [0, 0.05) is 12.4 Å². The first-order valence-corrected chi connectivity index (χ1v) is 3.69. The molecule has 1 atom stereocenters. The summed E-state index contributed by atoms with van der Waals surface area (Å²) in [6.45, 7) is 1.83. The summed E-state index contributed by atoms with van der Waals surface area (Å²) in [6.07, 6.45) is 1.23. The van der Waals surface area contributed by atoms with Gasteiger partial charge in [-0.2, -0.15) is 0 Å². The van der Waals surface area contributed by atoms with E-state index >= 15 is 0 Å². The van der Waals surface area contributed by atoms with Crippen molar-refractivity contribution in [2.45, 2.75) is 13.2 Å². The number of halogens is 1. The number of hydrogen-bond acceptors (Lipinski definition) is 2. The molecule has 0 amide bonds. The first kappa shape index (κ1) is 8.77. The fraction of sp³-hybridized carbons (Fsp3) is 0.375. The number of carbonyl (C=O) groups excluding carboxylic acids is 1. The Balaban J connectivity index is 2.59. The lowest BCUT2D eigenvalue weighted by molar-refractivity contribution is -0.152. The maximum Gasteiger partial charge on any atom is 0.362 e. The lowest BCUT2D eigenvalue weighted by atomic mass is 10.6. The van der Waals surface area contributed by atoms with E-state index in [0.717, 1.165) is 4.57 Å². The van der Waals surface area contributed by atoms with E-state index in [2.05, 4.69) is 4.74 Å². The lowest BCUT2D eigenvalue weighted by Crippen LogP contribution is -2.16. The quantitative estimate of drug-likeness (QED) is 0.645. The smallest absolute Gasteiger partial charge is 0.362 e. The van der Waals surface area contributed by atoms with Gasteiger partial charge in [-0.15, -0.1) is 0 Å². The van der Waals surface area contributed by atoms with Crippen LogP contribution in [0.2, 0.25) is 0 Å². The molecule has 0 radical (unpaired) electrons. The molecule has 0 spiro atoms. The fourth-order valence-corrected chi connectivity index (χ4v) is 0.832. The number of aromatic nitrogens is 1. The Morgan fingerprint density at radius 2 is 2.17 bits per heavy atom. The van der Waals surface area contributed by atoms with Crippen molar-refractivity contribution in [3.8, 4) is 0 Å². The van der Waals surface area contributed by atoms with Crippen molar-refractivity contribution in [2.24, 2.45) is 0 Å². The third-order valence-corrected chi connectivity index (χ3v) is 1.37. The van der Waals surface area contributed by atoms with Crippen LogP contribution in [0.1, 0.15) is 13.2 Å². The van der Waals surface area contributed by atoms with E-state index in [1.165, 1.54) is 12.4 Å². The van der Waals surface area contributed by atoms with E-state index in [1.807, 2.05) is 0 Å². The summed E-state index contributed by atoms with van der Waals surface area (Å²) >= 11 is 0. The molecule has 0 N–H and O–H groups in total. The van der Waals surface area contributed by atoms with Gasteiger partial charge < -0.3 is 9.30 Å². The van der Waals surface area contributed by atoms with Crippen molar-refractivity contribution in [1.82, 2.24) is 4.57 Å². The van der Waals surface area contributed by atoms with Gasteiger partial charge in [0.15, 0.2) is 0 Å². The second-order valence-corrected chi connectivity index (χ2v) is 2.22. The summed E-state index contributed by atoms with van der Waals surface area (Å²) in [4.78, 5) is 10.8. The molecule has 3 nitrogen and oxygen atoms in total. The van der Waals surface area contributed by atoms with Crippen LogP contribution in [0, 0.1) is 0 Å². The molecule has 1 heterocycles. The zero-order chi connectivity index (χ0) is 8.97. The predicted molar refractivity (Wildman–Crippen MR) is 41.2 cm³/mol. The molecular formula is C8H10FNO2. The summed E-state index contributed by atoms with van der Waals surface area (Å²) in [5.41, 5.74) is 0. The maximum atomic E-state index is 13.0. The molecule has 12 heavy (non-hydrogen) atoms. The van der Waals surface area contributed by atoms with Gasteiger partial charge in [0.2, 0.25) is 0 Å². The Morgan fingerprint density at radius 3 is 2.67 bits per heavy atom. The summed E-state index contributed by atoms with van der Waals surface area (Å²) < 4.78 is 18.7. The number of alkyl halides is 1. The van der Waals surface area contributed by atoms with E-state index in [9.17, 15) is 9.18 Å². The normalized spacial score (nSPS) is 12.5. The zero-order valence-corrected chi connectivity index (χ0v) is 6.74. The molecule has 1 unspecified atom stereocenters. The van der Waals surface area contributed by atoms with Crippen LogP contribution in [-0.4, -0.2) is 17.1 Å². The summed E-state index contributed by atoms with van der Waals surface area (Å²) in [5.74, 6) is -0.853. The highest BCUT2D eigenvalue weighted by Crippen LogP contribution is 2.09. The Labute approximate surface area is 69.8 Å². The van der Waals surface area contributed by atoms with Crippen LogP contribution in [0.3, 0.4) is 0 Å². The topological polar surface area (TPSA) is 31.2 Å². The summed E-state index contributed by atoms with van der Waals surface area (Å²) in [6, 6.07) is 3.29. The fourth-order valence-electron chi connectivity index (χ4n) is 0.832. The average Bonchev–Trinajstić information content (AvgIpc) is 2.55. The van der Waals surface area contributed by atoms with Gasteiger partial charge in [-0.3, -0.25) is 0 Å². The summed E-state index contributed by atoms with van der Waals surface area (Å²) in [7, 11) is 0. The Hall–Kier alpha value is -1.32. The SMILES string of the molecule is CCOC(=O)C(F)n1cccc1. The predicted octanol–water partition coefficient (Wildman–Crippen LogP) is 1.52. The van der Waals surface area contributed by atoms with Crippen LogP contribution < -0.4 is 0 Å². The standard InChI is InChI=1S/C8H10FNO2/c1-2-12-8(11)7(9)10-5-3-4-6-10/h3-7H,2H2,1H3. The minimum atomic E-state index is -1.72. The number of rotatable bonds is 3. The number of esters is 1. The second kappa shape index (κ2) is 3.90. The van der Waals surface area contributed by atoms with Crippen molar-refractivity contribution >= 4 is 5.97 Å². The molecule has 1 rings (SSSR count). The third-order valence-electron chi connectivity index (χ3n) is 1.37. The Morgan fingerprint density at radius 1 is 1.58 bits per heavy atom. The minimum Gasteiger partial charge on any atom is -0.462 e. The molecular weight excluding hydrogens is 161 g/mol. The monoisotopic (exact) mass is 171 g/mol. The van der Waals surface area contributed by atoms with Gasteiger partial charge in [0.1, 0.15) is 0 Å². The molecule has 0 saturated carbocycles. The summed E-state index contributed by atoms with van der Waals surface area (Å²) in [5, 5.41) is 0. The number of ether oxygens (including phenoxy) is 1. The molecule has 0 aliphatic rings. The molecule has 0 saturated heterocycles. The Bertz CT molecular complexity index is 246. The highest BCUT2D eigenvalue weighted by atomic mass is 19.1. The van der Waals surface area contributed by atoms with Crippen LogP contribution >= 0.6 is 0 Å². The third kappa shape index (κ3) is 1.84. The van der Waals surface area contributed by atoms with E-state index in [-0.39, 0.29) is 6.61 Å². The van der Waals surface area contributed by atoms with E-state index in [4.69, 9.17) is 0 Å². The van der Waals surface area contributed by atoms with E-state index in [1.54, 1.807) is 19.1 Å². The van der Waals surface area contributed by atoms with Crippen molar-refractivity contribution in [3.63, 3.8) is 0 Å². The molecule has 0 aliphatic heterocycles. The van der Waals surface area contributed by atoms with E-state index < -0.39 is 12.3 Å². The highest BCUT2D eigenvalue weighted by Gasteiger charge is 2.18. The zero-order valence-electron chi connectivity index (χ0n) is 6.74. The highest BCUT2D eigenvalue weighted by molar-refractivity contribution is 5.72. The van der Waals surface area contributed by atoms with Crippen LogP contribution in [0.15, 0.2) is 24.5 Å². The van der Waals surface area contributed by atoms with Gasteiger partial charge in [-0.1, -0.05) is 0 Å². The second-order valence-electron chi connectivity index (χ2n) is 2.22. The maximum absolute atomic E-state index is 13.0. The van der Waals surface area contributed by atoms with Gasteiger partial charge in [0.25, 0.3) is 6.30 Å². The van der Waals surface area contributed by atoms with Crippen molar-refractivity contribution in [2.75, 3.05) is 6.61 Å². The minimum absolute atomic E-state index is 0.195. The molecule has 66 valence electrons. The van der Waals surface area contributed by atoms with Crippen LogP contribution in [0.4, 0.5) is 4.39 Å². The van der Waals surface area contributed by atoms with Gasteiger partial charge in [-0.25, -0.2) is 9.18 Å². The van der Waals surface area contributed by atoms with Crippen LogP contribution in [-0.2, 0) is 9.53 Å². The average molecular weight is 171 g/mol. The number of nitrogens with zero attached hydrogens (tertiary/aromatic N) is 1. The number of carbonyl (C=O) groups is 1. The van der Waals surface area contributed by atoms with E-state index in [0.29, 0.717) is 0 Å². The first-order chi connectivity index (χ1) is 5.75. The Kier molecular flexibility index (Phi) is 2.85. The van der Waals surface area contributed by atoms with Crippen molar-refractivity contribution in [1.29, 1.82) is 0 Å². The molecule has 0 bridgehead atoms. The van der Waals surface area contributed by atoms with Crippen molar-refractivity contribution in [3.05, 3.63) is 24.5 Å². The molecule has 0 aromatic carbocycles. The van der Waals surface area contributed by atoms with Crippen molar-refractivity contribution < 1.29 is 13.9 Å². The molecule has 0 aliphatic carbocycles. The molecule has 1 aromatic heterocycles. The largest absolute Gasteiger partial charge is 0.462 e. The van der Waals surface area contributed by atoms with Gasteiger partial charge >= 0.3 is 5.97 Å². The van der Waals surface area contributed by atoms with Gasteiger partial charge in [-0.05, 0) is 19.1 Å². The molecule has 0 fully saturated rings. The number of hydrogen-bond donors (Lipinski definition) is 0. The lowest BCUT2D eigenvalue weighted by Gasteiger charge is -2.07. The molecule has 4 heteroatoms. The first-order valence-electron chi connectivity index (χ1n) is 3.69. The van der Waals surface area contributed by atoms with Crippen LogP contribution in [0.25, 0.3) is 0 Å². The van der Waals surface area contributed by atoms with Crippen LogP contribution in [0.5, 0.6) is 0 Å².